The third kappa shape index (κ3) is 3.29. The second kappa shape index (κ2) is 5.84. The first-order valence-electron chi connectivity index (χ1n) is 7.17. The second-order valence-electron chi connectivity index (χ2n) is 6.16. The van der Waals surface area contributed by atoms with E-state index in [2.05, 4.69) is 25.9 Å². The zero-order valence-corrected chi connectivity index (χ0v) is 13.3. The second-order valence-corrected chi connectivity index (χ2v) is 6.16. The Bertz CT molecular complexity index is 863. The van der Waals surface area contributed by atoms with Crippen molar-refractivity contribution in [1.29, 1.82) is 0 Å². The highest BCUT2D eigenvalue weighted by atomic mass is 19.1. The number of tetrazole rings is 1. The van der Waals surface area contributed by atoms with Gasteiger partial charge in [-0.3, -0.25) is 10.1 Å². The molecule has 0 saturated heterocycles. The third-order valence-corrected chi connectivity index (χ3v) is 3.19. The minimum atomic E-state index is -0.583. The van der Waals surface area contributed by atoms with Crippen LogP contribution in [0, 0.1) is 5.82 Å². The Morgan fingerprint density at radius 1 is 1.25 bits per heavy atom. The number of carbonyl (C=O) groups excluding carboxylic acids is 1. The highest BCUT2D eigenvalue weighted by molar-refractivity contribution is 6.00. The number of hydrogen-bond donors (Lipinski definition) is 1. The van der Waals surface area contributed by atoms with Crippen molar-refractivity contribution in [2.45, 2.75) is 26.2 Å². The van der Waals surface area contributed by atoms with Gasteiger partial charge in [0.15, 0.2) is 0 Å². The van der Waals surface area contributed by atoms with Crippen molar-refractivity contribution in [3.63, 3.8) is 0 Å². The molecule has 2 heterocycles. The lowest BCUT2D eigenvalue weighted by molar-refractivity contribution is 0.101. The zero-order chi connectivity index (χ0) is 17.3. The first-order valence-corrected chi connectivity index (χ1v) is 7.17. The summed E-state index contributed by atoms with van der Waals surface area (Å²) < 4.78 is 18.0. The topological polar surface area (TPSA) is 98.7 Å². The number of anilines is 1. The highest BCUT2D eigenvalue weighted by Crippen LogP contribution is 2.23. The number of halogens is 1. The highest BCUT2D eigenvalue weighted by Gasteiger charge is 2.21. The minimum absolute atomic E-state index is 0.145. The van der Waals surface area contributed by atoms with Crippen molar-refractivity contribution in [3.05, 3.63) is 47.7 Å². The SMILES string of the molecule is CC(C)(C)c1cc(NC(=O)c2nnn(-c3ccc(F)cc3)n2)on1. The van der Waals surface area contributed by atoms with E-state index in [-0.39, 0.29) is 22.9 Å². The lowest BCUT2D eigenvalue weighted by Gasteiger charge is -2.12. The van der Waals surface area contributed by atoms with E-state index in [1.54, 1.807) is 6.07 Å². The molecule has 0 radical (unpaired) electrons. The summed E-state index contributed by atoms with van der Waals surface area (Å²) in [6.45, 7) is 5.94. The standard InChI is InChI=1S/C15H15FN6O2/c1-15(2,3)11-8-12(24-20-11)17-14(23)13-18-21-22(19-13)10-6-4-9(16)5-7-10/h4-8H,1-3H3,(H,17,23). The molecule has 0 bridgehead atoms. The minimum Gasteiger partial charge on any atom is -0.338 e. The van der Waals surface area contributed by atoms with Crippen molar-refractivity contribution in [1.82, 2.24) is 25.4 Å². The monoisotopic (exact) mass is 330 g/mol. The van der Waals surface area contributed by atoms with E-state index in [1.807, 2.05) is 20.8 Å². The summed E-state index contributed by atoms with van der Waals surface area (Å²) in [6, 6.07) is 7.12. The number of carbonyl (C=O) groups is 1. The number of benzene rings is 1. The summed E-state index contributed by atoms with van der Waals surface area (Å²) in [7, 11) is 0. The molecule has 9 heteroatoms. The van der Waals surface area contributed by atoms with E-state index in [4.69, 9.17) is 4.52 Å². The van der Waals surface area contributed by atoms with Crippen molar-refractivity contribution in [3.8, 4) is 5.69 Å². The van der Waals surface area contributed by atoms with Gasteiger partial charge in [0.1, 0.15) is 5.82 Å². The fraction of sp³-hybridized carbons (Fsp3) is 0.267. The third-order valence-electron chi connectivity index (χ3n) is 3.19. The van der Waals surface area contributed by atoms with E-state index in [0.717, 1.165) is 4.80 Å². The van der Waals surface area contributed by atoms with Crippen LogP contribution in [0.2, 0.25) is 0 Å². The van der Waals surface area contributed by atoms with Crippen LogP contribution >= 0.6 is 0 Å². The average Bonchev–Trinajstić information content (AvgIpc) is 3.16. The number of nitrogens with one attached hydrogen (secondary N) is 1. The number of amides is 1. The van der Waals surface area contributed by atoms with Gasteiger partial charge in [0.05, 0.1) is 11.4 Å². The molecule has 0 spiro atoms. The summed E-state index contributed by atoms with van der Waals surface area (Å²) in [5.74, 6) is -0.909. The molecular weight excluding hydrogens is 315 g/mol. The van der Waals surface area contributed by atoms with Crippen molar-refractivity contribution in [2.24, 2.45) is 0 Å². The Morgan fingerprint density at radius 3 is 2.58 bits per heavy atom. The molecule has 3 aromatic rings. The average molecular weight is 330 g/mol. The van der Waals surface area contributed by atoms with Crippen LogP contribution in [0.3, 0.4) is 0 Å². The summed E-state index contributed by atoms with van der Waals surface area (Å²) >= 11 is 0. The van der Waals surface area contributed by atoms with Gasteiger partial charge in [0, 0.05) is 11.5 Å². The fourth-order valence-corrected chi connectivity index (χ4v) is 1.84. The number of rotatable bonds is 3. The van der Waals surface area contributed by atoms with Crippen LogP contribution in [-0.2, 0) is 5.41 Å². The van der Waals surface area contributed by atoms with Gasteiger partial charge in [-0.05, 0) is 29.5 Å². The van der Waals surface area contributed by atoms with E-state index < -0.39 is 5.91 Å². The van der Waals surface area contributed by atoms with Crippen molar-refractivity contribution >= 4 is 11.8 Å². The predicted octanol–water partition coefficient (Wildman–Crippen LogP) is 2.34. The Morgan fingerprint density at radius 2 is 1.96 bits per heavy atom. The molecule has 1 N–H and O–H groups in total. The molecule has 124 valence electrons. The largest absolute Gasteiger partial charge is 0.338 e. The summed E-state index contributed by atoms with van der Waals surface area (Å²) in [6.07, 6.45) is 0. The Balaban J connectivity index is 1.74. The van der Waals surface area contributed by atoms with Crippen molar-refractivity contribution < 1.29 is 13.7 Å². The van der Waals surface area contributed by atoms with Crippen LogP contribution in [0.5, 0.6) is 0 Å². The molecule has 1 aromatic carbocycles. The van der Waals surface area contributed by atoms with E-state index in [1.165, 1.54) is 24.3 Å². The summed E-state index contributed by atoms with van der Waals surface area (Å²) in [4.78, 5) is 13.3. The molecule has 0 atom stereocenters. The summed E-state index contributed by atoms with van der Waals surface area (Å²) in [5.41, 5.74) is 0.995. The molecular formula is C15H15FN6O2. The van der Waals surface area contributed by atoms with E-state index in [0.29, 0.717) is 11.4 Å². The maximum atomic E-state index is 12.9. The van der Waals surface area contributed by atoms with E-state index >= 15 is 0 Å². The van der Waals surface area contributed by atoms with Crippen LogP contribution in [0.25, 0.3) is 5.69 Å². The van der Waals surface area contributed by atoms with E-state index in [9.17, 15) is 9.18 Å². The molecule has 2 aromatic heterocycles. The Labute approximate surface area is 136 Å². The fourth-order valence-electron chi connectivity index (χ4n) is 1.84. The molecule has 0 unspecified atom stereocenters. The van der Waals surface area contributed by atoms with Crippen LogP contribution < -0.4 is 5.32 Å². The number of hydrogen-bond acceptors (Lipinski definition) is 6. The first-order chi connectivity index (χ1) is 11.3. The van der Waals surface area contributed by atoms with Gasteiger partial charge in [0.25, 0.3) is 11.7 Å². The van der Waals surface area contributed by atoms with Crippen molar-refractivity contribution in [2.75, 3.05) is 5.32 Å². The number of aromatic nitrogens is 5. The smallest absolute Gasteiger partial charge is 0.299 e. The van der Waals surface area contributed by atoms with Gasteiger partial charge in [-0.1, -0.05) is 25.9 Å². The normalized spacial score (nSPS) is 11.5. The molecule has 0 fully saturated rings. The lowest BCUT2D eigenvalue weighted by atomic mass is 9.92. The molecule has 0 aliphatic heterocycles. The molecule has 3 rings (SSSR count). The Kier molecular flexibility index (Phi) is 3.84. The molecule has 0 saturated carbocycles. The van der Waals surface area contributed by atoms with Gasteiger partial charge < -0.3 is 4.52 Å². The molecule has 0 aliphatic carbocycles. The van der Waals surface area contributed by atoms with Crippen LogP contribution in [0.1, 0.15) is 37.1 Å². The zero-order valence-electron chi connectivity index (χ0n) is 13.3. The molecule has 24 heavy (non-hydrogen) atoms. The van der Waals surface area contributed by atoms with Crippen LogP contribution in [0.15, 0.2) is 34.9 Å². The van der Waals surface area contributed by atoms with Gasteiger partial charge >= 0.3 is 0 Å². The van der Waals surface area contributed by atoms with Gasteiger partial charge in [-0.2, -0.15) is 0 Å². The Hall–Kier alpha value is -3.10. The van der Waals surface area contributed by atoms with Gasteiger partial charge in [0.2, 0.25) is 5.88 Å². The quantitative estimate of drug-likeness (QED) is 0.791. The lowest BCUT2D eigenvalue weighted by Crippen LogP contribution is -2.14. The van der Waals surface area contributed by atoms with Gasteiger partial charge in [-0.25, -0.2) is 4.39 Å². The maximum Gasteiger partial charge on any atom is 0.299 e. The van der Waals surface area contributed by atoms with Crippen LogP contribution in [0.4, 0.5) is 10.3 Å². The molecule has 0 aliphatic rings. The van der Waals surface area contributed by atoms with Crippen LogP contribution in [-0.4, -0.2) is 31.3 Å². The predicted molar refractivity (Wildman–Crippen MR) is 82.3 cm³/mol. The first kappa shape index (κ1) is 15.8. The molecule has 8 nitrogen and oxygen atoms in total. The van der Waals surface area contributed by atoms with Gasteiger partial charge in [-0.15, -0.1) is 15.0 Å². The maximum absolute atomic E-state index is 12.9. The summed E-state index contributed by atoms with van der Waals surface area (Å²) in [5, 5.41) is 17.8. The molecule has 1 amide bonds. The number of nitrogens with zero attached hydrogens (tertiary/aromatic N) is 5.